The van der Waals surface area contributed by atoms with Crippen LogP contribution in [-0.4, -0.2) is 15.9 Å². The van der Waals surface area contributed by atoms with Gasteiger partial charge >= 0.3 is 5.97 Å². The molecule has 0 bridgehead atoms. The Kier molecular flexibility index (Phi) is 3.74. The van der Waals surface area contributed by atoms with E-state index in [-0.39, 0.29) is 12.2 Å². The minimum absolute atomic E-state index is 0.0915. The van der Waals surface area contributed by atoms with Crippen molar-refractivity contribution in [2.24, 2.45) is 0 Å². The maximum atomic E-state index is 12.3. The molecular formula is C20H14N2O3. The zero-order valence-electron chi connectivity index (χ0n) is 13.2. The molecule has 0 spiro atoms. The van der Waals surface area contributed by atoms with Gasteiger partial charge in [0.25, 0.3) is 5.56 Å². The number of nitrogens with zero attached hydrogens (tertiary/aromatic N) is 1. The molecule has 1 heterocycles. The van der Waals surface area contributed by atoms with Crippen molar-refractivity contribution in [2.75, 3.05) is 0 Å². The molecule has 0 unspecified atom stereocenters. The Bertz CT molecular complexity index is 1150. The summed E-state index contributed by atoms with van der Waals surface area (Å²) < 4.78 is 5.30. The van der Waals surface area contributed by atoms with Crippen LogP contribution in [0.25, 0.3) is 21.7 Å². The van der Waals surface area contributed by atoms with Crippen LogP contribution in [0.3, 0.4) is 0 Å². The van der Waals surface area contributed by atoms with Crippen LogP contribution in [-0.2, 0) is 11.3 Å². The number of hydrogen-bond donors (Lipinski definition) is 1. The topological polar surface area (TPSA) is 72.0 Å². The lowest BCUT2D eigenvalue weighted by atomic mass is 10.1. The van der Waals surface area contributed by atoms with Gasteiger partial charge in [0.2, 0.25) is 0 Å². The van der Waals surface area contributed by atoms with Crippen molar-refractivity contribution in [1.29, 1.82) is 0 Å². The average molecular weight is 330 g/mol. The first-order valence-electron chi connectivity index (χ1n) is 7.84. The third-order valence-corrected chi connectivity index (χ3v) is 3.99. The molecule has 4 rings (SSSR count). The SMILES string of the molecule is O=C(OCc1nc2ccccc2c(=O)[nH]1)c1ccc2ccccc2c1. The average Bonchev–Trinajstić information content (AvgIpc) is 2.66. The van der Waals surface area contributed by atoms with Crippen LogP contribution in [0, 0.1) is 0 Å². The second-order valence-electron chi connectivity index (χ2n) is 5.67. The number of hydrogen-bond acceptors (Lipinski definition) is 4. The van der Waals surface area contributed by atoms with E-state index in [2.05, 4.69) is 9.97 Å². The first kappa shape index (κ1) is 15.1. The molecule has 5 nitrogen and oxygen atoms in total. The van der Waals surface area contributed by atoms with Gasteiger partial charge < -0.3 is 9.72 Å². The molecule has 3 aromatic carbocycles. The molecule has 0 fully saturated rings. The highest BCUT2D eigenvalue weighted by molar-refractivity contribution is 5.95. The van der Waals surface area contributed by atoms with E-state index in [1.54, 1.807) is 36.4 Å². The van der Waals surface area contributed by atoms with Crippen LogP contribution in [0.15, 0.2) is 71.5 Å². The summed E-state index contributed by atoms with van der Waals surface area (Å²) in [5.41, 5.74) is 0.784. The van der Waals surface area contributed by atoms with Gasteiger partial charge in [0, 0.05) is 0 Å². The predicted molar refractivity (Wildman–Crippen MR) is 95.4 cm³/mol. The largest absolute Gasteiger partial charge is 0.454 e. The Balaban J connectivity index is 1.56. The molecule has 4 aromatic rings. The number of H-pyrrole nitrogens is 1. The van der Waals surface area contributed by atoms with Crippen molar-refractivity contribution in [1.82, 2.24) is 9.97 Å². The van der Waals surface area contributed by atoms with Crippen LogP contribution in [0.4, 0.5) is 0 Å². The van der Waals surface area contributed by atoms with E-state index >= 15 is 0 Å². The first-order valence-corrected chi connectivity index (χ1v) is 7.84. The molecule has 5 heteroatoms. The van der Waals surface area contributed by atoms with E-state index < -0.39 is 5.97 Å². The lowest BCUT2D eigenvalue weighted by Crippen LogP contribution is -2.14. The maximum Gasteiger partial charge on any atom is 0.338 e. The van der Waals surface area contributed by atoms with Crippen LogP contribution in [0.1, 0.15) is 16.2 Å². The summed E-state index contributed by atoms with van der Waals surface area (Å²) >= 11 is 0. The number of carbonyl (C=O) groups is 1. The van der Waals surface area contributed by atoms with Crippen molar-refractivity contribution < 1.29 is 9.53 Å². The van der Waals surface area contributed by atoms with Crippen LogP contribution in [0.5, 0.6) is 0 Å². The fraction of sp³-hybridized carbons (Fsp3) is 0.0500. The van der Waals surface area contributed by atoms with Crippen molar-refractivity contribution >= 4 is 27.6 Å². The Morgan fingerprint density at radius 3 is 2.60 bits per heavy atom. The molecule has 0 aliphatic heterocycles. The van der Waals surface area contributed by atoms with Gasteiger partial charge in [-0.2, -0.15) is 0 Å². The van der Waals surface area contributed by atoms with Gasteiger partial charge in [-0.25, -0.2) is 9.78 Å². The maximum absolute atomic E-state index is 12.3. The molecule has 25 heavy (non-hydrogen) atoms. The molecule has 0 aliphatic carbocycles. The molecular weight excluding hydrogens is 316 g/mol. The number of esters is 1. The molecule has 0 radical (unpaired) electrons. The summed E-state index contributed by atoms with van der Waals surface area (Å²) in [6.45, 7) is -0.0915. The van der Waals surface area contributed by atoms with E-state index in [4.69, 9.17) is 4.74 Å². The third-order valence-electron chi connectivity index (χ3n) is 3.99. The second kappa shape index (κ2) is 6.20. The van der Waals surface area contributed by atoms with Crippen LogP contribution in [0.2, 0.25) is 0 Å². The van der Waals surface area contributed by atoms with Crippen LogP contribution >= 0.6 is 0 Å². The fourth-order valence-electron chi connectivity index (χ4n) is 2.74. The van der Waals surface area contributed by atoms with Gasteiger partial charge in [-0.3, -0.25) is 4.79 Å². The highest BCUT2D eigenvalue weighted by Crippen LogP contribution is 2.16. The van der Waals surface area contributed by atoms with E-state index in [9.17, 15) is 9.59 Å². The molecule has 0 saturated heterocycles. The molecule has 122 valence electrons. The molecule has 0 amide bonds. The van der Waals surface area contributed by atoms with E-state index in [0.29, 0.717) is 22.3 Å². The first-order chi connectivity index (χ1) is 12.2. The van der Waals surface area contributed by atoms with Crippen molar-refractivity contribution in [2.45, 2.75) is 6.61 Å². The number of benzene rings is 3. The monoisotopic (exact) mass is 330 g/mol. The van der Waals surface area contributed by atoms with Crippen molar-refractivity contribution in [3.8, 4) is 0 Å². The quantitative estimate of drug-likeness (QED) is 0.584. The second-order valence-corrected chi connectivity index (χ2v) is 5.67. The Labute approximate surface area is 142 Å². The van der Waals surface area contributed by atoms with Gasteiger partial charge in [0.05, 0.1) is 16.5 Å². The van der Waals surface area contributed by atoms with E-state index in [1.807, 2.05) is 30.3 Å². The number of aromatic amines is 1. The highest BCUT2D eigenvalue weighted by atomic mass is 16.5. The number of carbonyl (C=O) groups excluding carboxylic acids is 1. The number of ether oxygens (including phenoxy) is 1. The molecule has 1 aromatic heterocycles. The van der Waals surface area contributed by atoms with E-state index in [0.717, 1.165) is 10.8 Å². The summed E-state index contributed by atoms with van der Waals surface area (Å²) in [5, 5.41) is 2.53. The van der Waals surface area contributed by atoms with E-state index in [1.165, 1.54) is 0 Å². The predicted octanol–water partition coefficient (Wildman–Crippen LogP) is 3.43. The molecule has 0 aliphatic rings. The Morgan fingerprint density at radius 1 is 0.960 bits per heavy atom. The van der Waals surface area contributed by atoms with Gasteiger partial charge in [-0.15, -0.1) is 0 Å². The number of rotatable bonds is 3. The lowest BCUT2D eigenvalue weighted by Gasteiger charge is -2.06. The third kappa shape index (κ3) is 2.99. The molecule has 1 N–H and O–H groups in total. The van der Waals surface area contributed by atoms with Crippen molar-refractivity contribution in [3.05, 3.63) is 88.5 Å². The number of nitrogens with one attached hydrogen (secondary N) is 1. The summed E-state index contributed by atoms with van der Waals surface area (Å²) in [6.07, 6.45) is 0. The summed E-state index contributed by atoms with van der Waals surface area (Å²) in [5.74, 6) is -0.139. The minimum Gasteiger partial charge on any atom is -0.454 e. The molecule has 0 atom stereocenters. The summed E-state index contributed by atoms with van der Waals surface area (Å²) in [6, 6.07) is 20.2. The Hall–Kier alpha value is -3.47. The van der Waals surface area contributed by atoms with Gasteiger partial charge in [0.15, 0.2) is 0 Å². The number of para-hydroxylation sites is 1. The van der Waals surface area contributed by atoms with Gasteiger partial charge in [0.1, 0.15) is 12.4 Å². The van der Waals surface area contributed by atoms with Gasteiger partial charge in [-0.05, 0) is 35.0 Å². The highest BCUT2D eigenvalue weighted by Gasteiger charge is 2.10. The zero-order chi connectivity index (χ0) is 17.2. The van der Waals surface area contributed by atoms with Crippen molar-refractivity contribution in [3.63, 3.8) is 0 Å². The summed E-state index contributed by atoms with van der Waals surface area (Å²) in [7, 11) is 0. The normalized spacial score (nSPS) is 10.9. The Morgan fingerprint density at radius 2 is 1.72 bits per heavy atom. The fourth-order valence-corrected chi connectivity index (χ4v) is 2.74. The standard InChI is InChI=1S/C20H14N2O3/c23-19-16-7-3-4-8-17(16)21-18(22-19)12-25-20(24)15-10-9-13-5-1-2-6-14(13)11-15/h1-11H,12H2,(H,21,22,23). The lowest BCUT2D eigenvalue weighted by molar-refractivity contribution is 0.0462. The minimum atomic E-state index is -0.457. The number of aromatic nitrogens is 2. The zero-order valence-corrected chi connectivity index (χ0v) is 13.2. The smallest absolute Gasteiger partial charge is 0.338 e. The van der Waals surface area contributed by atoms with Crippen LogP contribution < -0.4 is 5.56 Å². The van der Waals surface area contributed by atoms with Gasteiger partial charge in [-0.1, -0.05) is 42.5 Å². The summed E-state index contributed by atoms with van der Waals surface area (Å²) in [4.78, 5) is 31.3. The molecule has 0 saturated carbocycles. The number of fused-ring (bicyclic) bond motifs is 2.